The van der Waals surface area contributed by atoms with Crippen LogP contribution in [-0.4, -0.2) is 12.1 Å². The average Bonchev–Trinajstić information content (AvgIpc) is 3.21. The number of benzene rings is 2. The molecule has 9 heteroatoms. The van der Waals surface area contributed by atoms with E-state index in [2.05, 4.69) is 0 Å². The first-order valence-electron chi connectivity index (χ1n) is 9.18. The minimum Gasteiger partial charge on any atom is -0.460 e. The summed E-state index contributed by atoms with van der Waals surface area (Å²) in [6.07, 6.45) is -3.82. The van der Waals surface area contributed by atoms with E-state index in [0.29, 0.717) is 16.7 Å². The lowest BCUT2D eigenvalue weighted by atomic mass is 10.0. The quantitative estimate of drug-likeness (QED) is 0.312. The Labute approximate surface area is 191 Å². The Hall–Kier alpha value is -1.76. The summed E-state index contributed by atoms with van der Waals surface area (Å²) in [5.41, 5.74) is 0.830. The molecule has 2 nitrogen and oxygen atoms in total. The predicted molar refractivity (Wildman–Crippen MR) is 112 cm³/mol. The van der Waals surface area contributed by atoms with E-state index in [1.54, 1.807) is 38.1 Å². The molecule has 31 heavy (non-hydrogen) atoms. The van der Waals surface area contributed by atoms with Crippen molar-refractivity contribution in [1.29, 1.82) is 0 Å². The maximum absolute atomic E-state index is 13.2. The summed E-state index contributed by atoms with van der Waals surface area (Å²) in [7, 11) is 0. The maximum Gasteiger partial charge on any atom is 0.426 e. The van der Waals surface area contributed by atoms with Gasteiger partial charge >= 0.3 is 12.1 Å². The van der Waals surface area contributed by atoms with Gasteiger partial charge in [-0.05, 0) is 35.1 Å². The molecule has 2 atom stereocenters. The van der Waals surface area contributed by atoms with Gasteiger partial charge in [-0.1, -0.05) is 72.9 Å². The van der Waals surface area contributed by atoms with Crippen LogP contribution in [0.3, 0.4) is 0 Å². The van der Waals surface area contributed by atoms with E-state index >= 15 is 0 Å². The molecule has 0 N–H and O–H groups in total. The van der Waals surface area contributed by atoms with Crippen LogP contribution in [0, 0.1) is 23.1 Å². The second-order valence-electron chi connectivity index (χ2n) is 7.84. The van der Waals surface area contributed by atoms with Crippen molar-refractivity contribution in [2.45, 2.75) is 26.6 Å². The zero-order valence-corrected chi connectivity index (χ0v) is 18.6. The van der Waals surface area contributed by atoms with Gasteiger partial charge in [-0.25, -0.2) is 4.39 Å². The van der Waals surface area contributed by atoms with Crippen molar-refractivity contribution in [3.05, 3.63) is 68.9 Å². The number of hydrogen-bond acceptors (Lipinski definition) is 2. The van der Waals surface area contributed by atoms with Gasteiger partial charge in [0.05, 0.1) is 10.9 Å². The third-order valence-electron chi connectivity index (χ3n) is 5.46. The van der Waals surface area contributed by atoms with Crippen LogP contribution < -0.4 is 0 Å². The number of halogens is 7. The van der Waals surface area contributed by atoms with Crippen LogP contribution in [0.25, 0.3) is 11.1 Å². The highest BCUT2D eigenvalue weighted by Gasteiger charge is 2.62. The Bertz CT molecular complexity index is 1030. The van der Waals surface area contributed by atoms with E-state index in [-0.39, 0.29) is 16.7 Å². The van der Waals surface area contributed by atoms with Crippen LogP contribution in [0.5, 0.6) is 0 Å². The fourth-order valence-electron chi connectivity index (χ4n) is 3.51. The van der Waals surface area contributed by atoms with Crippen LogP contribution in [0.15, 0.2) is 47.5 Å². The largest absolute Gasteiger partial charge is 0.460 e. The number of ether oxygens (including phenoxy) is 1. The third kappa shape index (κ3) is 5.02. The molecule has 0 aliphatic heterocycles. The highest BCUT2D eigenvalue weighted by molar-refractivity contribution is 6.37. The van der Waals surface area contributed by atoms with Crippen LogP contribution >= 0.6 is 34.8 Å². The molecule has 0 saturated heterocycles. The third-order valence-corrected chi connectivity index (χ3v) is 6.59. The molecule has 3 rings (SSSR count). The molecule has 1 fully saturated rings. The van der Waals surface area contributed by atoms with Crippen LogP contribution in [-0.2, 0) is 16.1 Å². The zero-order chi connectivity index (χ0) is 23.1. The summed E-state index contributed by atoms with van der Waals surface area (Å²) in [5, 5.41) is -0.771. The lowest BCUT2D eigenvalue weighted by molar-refractivity contribution is -0.147. The Balaban J connectivity index is 1.76. The predicted octanol–water partition coefficient (Wildman–Crippen LogP) is 7.80. The van der Waals surface area contributed by atoms with Gasteiger partial charge in [0.2, 0.25) is 0 Å². The van der Waals surface area contributed by atoms with Gasteiger partial charge in [-0.2, -0.15) is 13.2 Å². The van der Waals surface area contributed by atoms with E-state index in [4.69, 9.17) is 39.5 Å². The topological polar surface area (TPSA) is 26.3 Å². The highest BCUT2D eigenvalue weighted by Crippen LogP contribution is 2.60. The van der Waals surface area contributed by atoms with Crippen LogP contribution in [0.4, 0.5) is 17.6 Å². The number of hydrogen-bond donors (Lipinski definition) is 0. The SMILES string of the molecule is CC1(C)C(/C=C(\Cl)C(F)(F)F)[C@H]1C(=O)OCc1c(Cl)ccc(-c2ccc(F)cc2)c1Cl. The van der Waals surface area contributed by atoms with E-state index < -0.39 is 40.2 Å². The number of esters is 1. The number of alkyl halides is 3. The summed E-state index contributed by atoms with van der Waals surface area (Å²) in [6, 6.07) is 8.91. The fourth-order valence-corrected chi connectivity index (χ4v) is 4.23. The van der Waals surface area contributed by atoms with Gasteiger partial charge in [-0.15, -0.1) is 0 Å². The monoisotopic (exact) mass is 494 g/mol. The van der Waals surface area contributed by atoms with Crippen molar-refractivity contribution in [2.75, 3.05) is 0 Å². The normalized spacial score (nSPS) is 20.5. The summed E-state index contributed by atoms with van der Waals surface area (Å²) in [4.78, 5) is 12.5. The van der Waals surface area contributed by atoms with E-state index in [1.165, 1.54) is 12.1 Å². The molecule has 166 valence electrons. The second-order valence-corrected chi connectivity index (χ2v) is 9.03. The zero-order valence-electron chi connectivity index (χ0n) is 16.4. The van der Waals surface area contributed by atoms with E-state index in [9.17, 15) is 22.4 Å². The van der Waals surface area contributed by atoms with Gasteiger partial charge in [0.25, 0.3) is 0 Å². The Kier molecular flexibility index (Phi) is 6.66. The van der Waals surface area contributed by atoms with Crippen LogP contribution in [0.1, 0.15) is 19.4 Å². The molecule has 1 saturated carbocycles. The molecule has 1 aliphatic rings. The van der Waals surface area contributed by atoms with E-state index in [0.717, 1.165) is 6.08 Å². The van der Waals surface area contributed by atoms with Crippen molar-refractivity contribution in [2.24, 2.45) is 17.3 Å². The van der Waals surface area contributed by atoms with E-state index in [1.807, 2.05) is 0 Å². The van der Waals surface area contributed by atoms with Gasteiger partial charge < -0.3 is 4.74 Å². The minimum absolute atomic E-state index is 0.235. The Morgan fingerprint density at radius 1 is 1.13 bits per heavy atom. The molecule has 1 unspecified atom stereocenters. The highest BCUT2D eigenvalue weighted by atomic mass is 35.5. The van der Waals surface area contributed by atoms with Gasteiger partial charge in [0.1, 0.15) is 17.5 Å². The van der Waals surface area contributed by atoms with Crippen molar-refractivity contribution in [3.8, 4) is 11.1 Å². The van der Waals surface area contributed by atoms with Gasteiger partial charge in [0.15, 0.2) is 0 Å². The summed E-state index contributed by atoms with van der Waals surface area (Å²) < 4.78 is 56.7. The van der Waals surface area contributed by atoms with Gasteiger partial charge in [0, 0.05) is 16.1 Å². The Morgan fingerprint density at radius 3 is 2.32 bits per heavy atom. The maximum atomic E-state index is 13.2. The summed E-state index contributed by atoms with van der Waals surface area (Å²) >= 11 is 18.0. The number of carbonyl (C=O) groups is 1. The molecular weight excluding hydrogens is 479 g/mol. The molecule has 0 bridgehead atoms. The van der Waals surface area contributed by atoms with Crippen LogP contribution in [0.2, 0.25) is 10.0 Å². The van der Waals surface area contributed by atoms with Crippen molar-refractivity contribution >= 4 is 40.8 Å². The molecule has 0 heterocycles. The molecule has 2 aromatic rings. The second kappa shape index (κ2) is 8.64. The molecule has 0 spiro atoms. The number of allylic oxidation sites excluding steroid dienone is 2. The standard InChI is InChI=1S/C22H17Cl3F4O2/c1-21(2)15(9-17(24)22(27,28)29)18(21)20(30)31-10-14-16(23)8-7-13(19(14)25)11-3-5-12(26)6-4-11/h3-9,15,18H,10H2,1-2H3/b17-9-/t15?,18-/m0/s1. The molecule has 1 aliphatic carbocycles. The lowest BCUT2D eigenvalue weighted by Gasteiger charge is -2.13. The smallest absolute Gasteiger partial charge is 0.426 e. The average molecular weight is 496 g/mol. The van der Waals surface area contributed by atoms with Crippen molar-refractivity contribution in [1.82, 2.24) is 0 Å². The lowest BCUT2D eigenvalue weighted by Crippen LogP contribution is -2.11. The first-order chi connectivity index (χ1) is 14.3. The Morgan fingerprint density at radius 2 is 1.74 bits per heavy atom. The molecule has 2 aromatic carbocycles. The first-order valence-corrected chi connectivity index (χ1v) is 10.3. The van der Waals surface area contributed by atoms with Crippen molar-refractivity contribution in [3.63, 3.8) is 0 Å². The fraction of sp³-hybridized carbons (Fsp3) is 0.318. The molecular formula is C22H17Cl3F4O2. The van der Waals surface area contributed by atoms with Gasteiger partial charge in [-0.3, -0.25) is 4.79 Å². The number of rotatable bonds is 5. The molecule has 0 amide bonds. The minimum atomic E-state index is -4.67. The first kappa shape index (κ1) is 23.9. The van der Waals surface area contributed by atoms with Crippen molar-refractivity contribution < 1.29 is 27.1 Å². The summed E-state index contributed by atoms with van der Waals surface area (Å²) in [5.74, 6) is -2.55. The molecule has 0 radical (unpaired) electrons. The molecule has 0 aromatic heterocycles. The summed E-state index contributed by atoms with van der Waals surface area (Å²) in [6.45, 7) is 3.06. The number of carbonyl (C=O) groups excluding carboxylic acids is 1.